The Labute approximate surface area is 128 Å². The Morgan fingerprint density at radius 1 is 0.600 bits per heavy atom. The fourth-order valence-corrected chi connectivity index (χ4v) is 2.62. The number of nitrogens with one attached hydrogen (secondary N) is 1. The summed E-state index contributed by atoms with van der Waals surface area (Å²) < 4.78 is 0. The molecule has 0 bridgehead atoms. The summed E-state index contributed by atoms with van der Waals surface area (Å²) in [6, 6.07) is 0. The Kier molecular flexibility index (Phi) is 18.1. The van der Waals surface area contributed by atoms with Crippen molar-refractivity contribution in [2.75, 3.05) is 6.54 Å². The van der Waals surface area contributed by atoms with Crippen LogP contribution in [-0.2, 0) is 0 Å². The summed E-state index contributed by atoms with van der Waals surface area (Å²) in [5.41, 5.74) is 0. The van der Waals surface area contributed by atoms with Crippen LogP contribution in [0.1, 0.15) is 104 Å². The maximum Gasteiger partial charge on any atom is 0.0141 e. The molecule has 0 spiro atoms. The number of hydrogen-bond acceptors (Lipinski definition) is 1. The van der Waals surface area contributed by atoms with E-state index in [9.17, 15) is 0 Å². The fourth-order valence-electron chi connectivity index (χ4n) is 2.62. The van der Waals surface area contributed by atoms with Crippen LogP contribution in [-0.4, -0.2) is 6.54 Å². The molecule has 20 heavy (non-hydrogen) atoms. The molecule has 1 heteroatoms. The van der Waals surface area contributed by atoms with Gasteiger partial charge >= 0.3 is 0 Å². The quantitative estimate of drug-likeness (QED) is 0.315. The van der Waals surface area contributed by atoms with E-state index in [1.54, 1.807) is 0 Å². The van der Waals surface area contributed by atoms with E-state index in [0.717, 1.165) is 6.54 Å². The van der Waals surface area contributed by atoms with E-state index in [2.05, 4.69) is 25.2 Å². The predicted octanol–water partition coefficient (Wildman–Crippen LogP) is 6.59. The Hall–Kier alpha value is -0.460. The molecule has 0 fully saturated rings. The van der Waals surface area contributed by atoms with Crippen molar-refractivity contribution in [3.05, 3.63) is 12.3 Å². The summed E-state index contributed by atoms with van der Waals surface area (Å²) in [5.74, 6) is 0. The highest BCUT2D eigenvalue weighted by atomic mass is 14.8. The van der Waals surface area contributed by atoms with Gasteiger partial charge in [0, 0.05) is 6.54 Å². The molecule has 0 amide bonds. The monoisotopic (exact) mass is 281 g/mol. The zero-order chi connectivity index (χ0) is 14.7. The van der Waals surface area contributed by atoms with Crippen molar-refractivity contribution in [1.82, 2.24) is 5.32 Å². The van der Waals surface area contributed by atoms with Crippen LogP contribution in [0.15, 0.2) is 12.3 Å². The molecule has 0 aliphatic heterocycles. The lowest BCUT2D eigenvalue weighted by Crippen LogP contribution is -2.05. The van der Waals surface area contributed by atoms with Gasteiger partial charge in [-0.3, -0.25) is 0 Å². The Morgan fingerprint density at radius 3 is 1.40 bits per heavy atom. The minimum Gasteiger partial charge on any atom is -0.391 e. The second-order valence-electron chi connectivity index (χ2n) is 6.05. The summed E-state index contributed by atoms with van der Waals surface area (Å²) in [6.45, 7) is 5.49. The zero-order valence-corrected chi connectivity index (χ0v) is 14.3. The number of hydrogen-bond donors (Lipinski definition) is 1. The van der Waals surface area contributed by atoms with Gasteiger partial charge in [-0.2, -0.15) is 0 Å². The molecule has 1 nitrogen and oxygen atoms in total. The summed E-state index contributed by atoms with van der Waals surface area (Å²) in [5, 5.41) is 3.30. The summed E-state index contributed by atoms with van der Waals surface area (Å²) in [7, 11) is 0. The zero-order valence-electron chi connectivity index (χ0n) is 14.3. The Morgan fingerprint density at radius 2 is 1.00 bits per heavy atom. The van der Waals surface area contributed by atoms with Gasteiger partial charge in [0.2, 0.25) is 0 Å². The first-order valence-corrected chi connectivity index (χ1v) is 9.26. The van der Waals surface area contributed by atoms with Gasteiger partial charge in [0.15, 0.2) is 0 Å². The third-order valence-corrected chi connectivity index (χ3v) is 3.96. The molecule has 0 saturated carbocycles. The normalized spacial score (nSPS) is 11.3. The van der Waals surface area contributed by atoms with Crippen molar-refractivity contribution >= 4 is 0 Å². The van der Waals surface area contributed by atoms with E-state index in [1.807, 2.05) is 6.20 Å². The molecule has 0 saturated heterocycles. The van der Waals surface area contributed by atoms with Crippen molar-refractivity contribution in [3.63, 3.8) is 0 Å². The van der Waals surface area contributed by atoms with Gasteiger partial charge in [0.1, 0.15) is 0 Å². The first-order chi connectivity index (χ1) is 9.91. The van der Waals surface area contributed by atoms with Crippen LogP contribution in [0.2, 0.25) is 0 Å². The fraction of sp³-hybridized carbons (Fsp3) is 0.895. The van der Waals surface area contributed by atoms with Crippen LogP contribution in [0.25, 0.3) is 0 Å². The van der Waals surface area contributed by atoms with E-state index >= 15 is 0 Å². The maximum atomic E-state index is 3.30. The summed E-state index contributed by atoms with van der Waals surface area (Å²) in [4.78, 5) is 0. The molecule has 0 rings (SSSR count). The van der Waals surface area contributed by atoms with Crippen molar-refractivity contribution in [2.24, 2.45) is 0 Å². The molecule has 0 atom stereocenters. The highest BCUT2D eigenvalue weighted by Gasteiger charge is 1.93. The molecule has 0 aromatic heterocycles. The lowest BCUT2D eigenvalue weighted by atomic mass is 10.0. The summed E-state index contributed by atoms with van der Waals surface area (Å²) in [6.07, 6.45) is 24.2. The SMILES string of the molecule is C/C=C/NCCCCCCCCCCCCCCCC. The van der Waals surface area contributed by atoms with Gasteiger partial charge in [-0.1, -0.05) is 96.5 Å². The van der Waals surface area contributed by atoms with Gasteiger partial charge < -0.3 is 5.32 Å². The van der Waals surface area contributed by atoms with E-state index in [0.29, 0.717) is 0 Å². The average Bonchev–Trinajstić information content (AvgIpc) is 2.47. The minimum absolute atomic E-state index is 1.14. The Bertz CT molecular complexity index is 186. The van der Waals surface area contributed by atoms with Crippen molar-refractivity contribution in [2.45, 2.75) is 104 Å². The van der Waals surface area contributed by atoms with E-state index in [-0.39, 0.29) is 0 Å². The second kappa shape index (κ2) is 18.5. The highest BCUT2D eigenvalue weighted by Crippen LogP contribution is 2.12. The van der Waals surface area contributed by atoms with E-state index in [4.69, 9.17) is 0 Å². The molecule has 120 valence electrons. The molecular formula is C19H39N. The molecule has 0 heterocycles. The van der Waals surface area contributed by atoms with Gasteiger partial charge in [-0.15, -0.1) is 0 Å². The van der Waals surface area contributed by atoms with Crippen LogP contribution < -0.4 is 5.32 Å². The lowest BCUT2D eigenvalue weighted by molar-refractivity contribution is 0.534. The Balaban J connectivity index is 2.92. The van der Waals surface area contributed by atoms with Gasteiger partial charge in [0.25, 0.3) is 0 Å². The van der Waals surface area contributed by atoms with Crippen LogP contribution in [0.5, 0.6) is 0 Å². The average molecular weight is 282 g/mol. The van der Waals surface area contributed by atoms with Crippen molar-refractivity contribution < 1.29 is 0 Å². The smallest absolute Gasteiger partial charge is 0.0141 e. The van der Waals surface area contributed by atoms with Crippen LogP contribution >= 0.6 is 0 Å². The first-order valence-electron chi connectivity index (χ1n) is 9.26. The van der Waals surface area contributed by atoms with Gasteiger partial charge in [0.05, 0.1) is 0 Å². The topological polar surface area (TPSA) is 12.0 Å². The molecule has 0 aromatic rings. The number of unbranched alkanes of at least 4 members (excludes halogenated alkanes) is 13. The van der Waals surface area contributed by atoms with E-state index < -0.39 is 0 Å². The second-order valence-corrected chi connectivity index (χ2v) is 6.05. The molecule has 0 radical (unpaired) electrons. The molecule has 0 aliphatic carbocycles. The molecule has 1 N–H and O–H groups in total. The minimum atomic E-state index is 1.14. The standard InChI is InChI=1S/C19H39N/c1-3-5-6-7-8-9-10-11-12-13-14-15-16-17-19-20-18-4-2/h4,18,20H,3,5-17,19H2,1-2H3/b18-4+. The number of rotatable bonds is 16. The van der Waals surface area contributed by atoms with Crippen LogP contribution in [0.4, 0.5) is 0 Å². The van der Waals surface area contributed by atoms with E-state index in [1.165, 1.54) is 89.9 Å². The van der Waals surface area contributed by atoms with Crippen molar-refractivity contribution in [3.8, 4) is 0 Å². The van der Waals surface area contributed by atoms with Crippen LogP contribution in [0.3, 0.4) is 0 Å². The van der Waals surface area contributed by atoms with Gasteiger partial charge in [-0.05, 0) is 19.5 Å². The third kappa shape index (κ3) is 17.5. The predicted molar refractivity (Wildman–Crippen MR) is 93.1 cm³/mol. The largest absolute Gasteiger partial charge is 0.391 e. The third-order valence-electron chi connectivity index (χ3n) is 3.96. The first kappa shape index (κ1) is 19.5. The summed E-state index contributed by atoms with van der Waals surface area (Å²) >= 11 is 0. The van der Waals surface area contributed by atoms with Gasteiger partial charge in [-0.25, -0.2) is 0 Å². The number of allylic oxidation sites excluding steroid dienone is 1. The lowest BCUT2D eigenvalue weighted by Gasteiger charge is -2.03. The maximum absolute atomic E-state index is 3.30. The highest BCUT2D eigenvalue weighted by molar-refractivity contribution is 4.73. The van der Waals surface area contributed by atoms with Crippen LogP contribution in [0, 0.1) is 0 Å². The molecule has 0 aliphatic rings. The molecule has 0 unspecified atom stereocenters. The van der Waals surface area contributed by atoms with Crippen molar-refractivity contribution in [1.29, 1.82) is 0 Å². The molecular weight excluding hydrogens is 242 g/mol. The molecule has 0 aromatic carbocycles.